The lowest BCUT2D eigenvalue weighted by Gasteiger charge is -2.11. The Hall–Kier alpha value is -3.52. The molecule has 0 bridgehead atoms. The number of methoxy groups -OCH3 is 1. The minimum atomic E-state index is -3.73. The van der Waals surface area contributed by atoms with Gasteiger partial charge in [-0.05, 0) is 61.0 Å². The number of ether oxygens (including phenoxy) is 2. The van der Waals surface area contributed by atoms with Gasteiger partial charge in [-0.2, -0.15) is 0 Å². The molecule has 156 valence electrons. The highest BCUT2D eigenvalue weighted by molar-refractivity contribution is 7.92. The molecule has 0 saturated carbocycles. The van der Waals surface area contributed by atoms with Gasteiger partial charge < -0.3 is 14.8 Å². The lowest BCUT2D eigenvalue weighted by Crippen LogP contribution is -2.20. The Morgan fingerprint density at radius 3 is 2.30 bits per heavy atom. The van der Waals surface area contributed by atoms with Gasteiger partial charge in [-0.15, -0.1) is 0 Å². The standard InChI is InChI=1S/C22H22N2O5S/c1-16-5-3-6-18(13-16)24-30(26,27)21-11-9-17(10-12-21)23-22(25)15-29-20-8-4-7-19(14-20)28-2/h3-14,24H,15H2,1-2H3,(H,23,25). The van der Waals surface area contributed by atoms with E-state index in [1.807, 2.05) is 13.0 Å². The Bertz CT molecular complexity index is 1130. The van der Waals surface area contributed by atoms with Gasteiger partial charge in [-0.3, -0.25) is 9.52 Å². The van der Waals surface area contributed by atoms with E-state index in [1.165, 1.54) is 24.3 Å². The lowest BCUT2D eigenvalue weighted by molar-refractivity contribution is -0.118. The van der Waals surface area contributed by atoms with Gasteiger partial charge in [-0.1, -0.05) is 18.2 Å². The van der Waals surface area contributed by atoms with Crippen LogP contribution in [0.1, 0.15) is 5.56 Å². The SMILES string of the molecule is COc1cccc(OCC(=O)Nc2ccc(S(=O)(=O)Nc3cccc(C)c3)cc2)c1. The number of carbonyl (C=O) groups is 1. The molecule has 0 spiro atoms. The molecule has 0 unspecified atom stereocenters. The van der Waals surface area contributed by atoms with Crippen molar-refractivity contribution in [1.29, 1.82) is 0 Å². The summed E-state index contributed by atoms with van der Waals surface area (Å²) in [6.07, 6.45) is 0. The molecule has 0 radical (unpaired) electrons. The Labute approximate surface area is 175 Å². The number of carbonyl (C=O) groups excluding carboxylic acids is 1. The van der Waals surface area contributed by atoms with Crippen molar-refractivity contribution in [2.75, 3.05) is 23.8 Å². The van der Waals surface area contributed by atoms with Crippen LogP contribution < -0.4 is 19.5 Å². The van der Waals surface area contributed by atoms with Crippen LogP contribution in [0.4, 0.5) is 11.4 Å². The average molecular weight is 426 g/mol. The summed E-state index contributed by atoms with van der Waals surface area (Å²) in [5.41, 5.74) is 1.90. The van der Waals surface area contributed by atoms with Crippen LogP contribution in [-0.2, 0) is 14.8 Å². The van der Waals surface area contributed by atoms with E-state index in [0.29, 0.717) is 22.9 Å². The summed E-state index contributed by atoms with van der Waals surface area (Å²) < 4.78 is 38.1. The number of hydrogen-bond donors (Lipinski definition) is 2. The summed E-state index contributed by atoms with van der Waals surface area (Å²) in [6.45, 7) is 1.69. The van der Waals surface area contributed by atoms with Gasteiger partial charge in [0.2, 0.25) is 0 Å². The van der Waals surface area contributed by atoms with Crippen molar-refractivity contribution in [3.05, 3.63) is 78.4 Å². The number of aryl methyl sites for hydroxylation is 1. The van der Waals surface area contributed by atoms with Crippen molar-refractivity contribution >= 4 is 27.3 Å². The van der Waals surface area contributed by atoms with Crippen LogP contribution in [0.5, 0.6) is 11.5 Å². The molecule has 0 aliphatic heterocycles. The van der Waals surface area contributed by atoms with E-state index in [2.05, 4.69) is 10.0 Å². The first-order valence-corrected chi connectivity index (χ1v) is 10.6. The highest BCUT2D eigenvalue weighted by atomic mass is 32.2. The molecule has 0 aliphatic rings. The van der Waals surface area contributed by atoms with Gasteiger partial charge in [0.15, 0.2) is 6.61 Å². The summed E-state index contributed by atoms with van der Waals surface area (Å²) >= 11 is 0. The van der Waals surface area contributed by atoms with Gasteiger partial charge in [0.05, 0.1) is 12.0 Å². The van der Waals surface area contributed by atoms with Crippen LogP contribution in [-0.4, -0.2) is 28.0 Å². The van der Waals surface area contributed by atoms with Crippen molar-refractivity contribution in [3.63, 3.8) is 0 Å². The van der Waals surface area contributed by atoms with Crippen molar-refractivity contribution < 1.29 is 22.7 Å². The molecule has 7 nitrogen and oxygen atoms in total. The van der Waals surface area contributed by atoms with Gasteiger partial charge >= 0.3 is 0 Å². The summed E-state index contributed by atoms with van der Waals surface area (Å²) in [7, 11) is -2.18. The van der Waals surface area contributed by atoms with Crippen LogP contribution in [0.3, 0.4) is 0 Å². The lowest BCUT2D eigenvalue weighted by atomic mass is 10.2. The fourth-order valence-electron chi connectivity index (χ4n) is 2.68. The van der Waals surface area contributed by atoms with Crippen LogP contribution >= 0.6 is 0 Å². The summed E-state index contributed by atoms with van der Waals surface area (Å²) in [6, 6.07) is 19.9. The van der Waals surface area contributed by atoms with E-state index in [1.54, 1.807) is 49.6 Å². The molecule has 3 aromatic rings. The molecular weight excluding hydrogens is 404 g/mol. The van der Waals surface area contributed by atoms with Crippen molar-refractivity contribution in [2.45, 2.75) is 11.8 Å². The molecule has 0 saturated heterocycles. The van der Waals surface area contributed by atoms with E-state index in [9.17, 15) is 13.2 Å². The Morgan fingerprint density at radius 1 is 0.900 bits per heavy atom. The number of hydrogen-bond acceptors (Lipinski definition) is 5. The smallest absolute Gasteiger partial charge is 0.262 e. The fraction of sp³-hybridized carbons (Fsp3) is 0.136. The van der Waals surface area contributed by atoms with Crippen molar-refractivity contribution in [2.24, 2.45) is 0 Å². The molecule has 2 N–H and O–H groups in total. The predicted molar refractivity (Wildman–Crippen MR) is 116 cm³/mol. The first kappa shape index (κ1) is 21.2. The molecule has 3 rings (SSSR count). The number of benzene rings is 3. The quantitative estimate of drug-likeness (QED) is 0.571. The summed E-state index contributed by atoms with van der Waals surface area (Å²) in [5.74, 6) is 0.767. The Morgan fingerprint density at radius 2 is 1.60 bits per heavy atom. The van der Waals surface area contributed by atoms with Crippen LogP contribution in [0, 0.1) is 6.92 Å². The van der Waals surface area contributed by atoms with Gasteiger partial charge in [0.1, 0.15) is 11.5 Å². The predicted octanol–water partition coefficient (Wildman–Crippen LogP) is 3.82. The fourth-order valence-corrected chi connectivity index (χ4v) is 3.73. The second-order valence-corrected chi connectivity index (χ2v) is 8.20. The minimum Gasteiger partial charge on any atom is -0.497 e. The zero-order valence-electron chi connectivity index (χ0n) is 16.6. The average Bonchev–Trinajstić information content (AvgIpc) is 2.72. The van der Waals surface area contributed by atoms with Crippen molar-refractivity contribution in [1.82, 2.24) is 0 Å². The molecule has 0 fully saturated rings. The number of sulfonamides is 1. The third kappa shape index (κ3) is 5.74. The second-order valence-electron chi connectivity index (χ2n) is 6.52. The maximum atomic E-state index is 12.5. The van der Waals surface area contributed by atoms with E-state index < -0.39 is 10.0 Å². The van der Waals surface area contributed by atoms with E-state index in [4.69, 9.17) is 9.47 Å². The monoisotopic (exact) mass is 426 g/mol. The zero-order chi connectivity index (χ0) is 21.6. The minimum absolute atomic E-state index is 0.0923. The van der Waals surface area contributed by atoms with Crippen LogP contribution in [0.2, 0.25) is 0 Å². The normalized spacial score (nSPS) is 10.9. The third-order valence-electron chi connectivity index (χ3n) is 4.13. The maximum absolute atomic E-state index is 12.5. The van der Waals surface area contributed by atoms with Gasteiger partial charge in [0.25, 0.3) is 15.9 Å². The first-order chi connectivity index (χ1) is 14.4. The van der Waals surface area contributed by atoms with E-state index >= 15 is 0 Å². The van der Waals surface area contributed by atoms with Crippen LogP contribution in [0.15, 0.2) is 77.7 Å². The molecule has 0 heterocycles. The third-order valence-corrected chi connectivity index (χ3v) is 5.53. The number of nitrogens with one attached hydrogen (secondary N) is 2. The molecule has 1 amide bonds. The summed E-state index contributed by atoms with van der Waals surface area (Å²) in [5, 5.41) is 2.67. The molecule has 3 aromatic carbocycles. The highest BCUT2D eigenvalue weighted by Gasteiger charge is 2.14. The van der Waals surface area contributed by atoms with Crippen LogP contribution in [0.25, 0.3) is 0 Å². The maximum Gasteiger partial charge on any atom is 0.262 e. The molecular formula is C22H22N2O5S. The largest absolute Gasteiger partial charge is 0.497 e. The first-order valence-electron chi connectivity index (χ1n) is 9.12. The van der Waals surface area contributed by atoms with Gasteiger partial charge in [-0.25, -0.2) is 8.42 Å². The topological polar surface area (TPSA) is 93.7 Å². The molecule has 0 aromatic heterocycles. The second kappa shape index (κ2) is 9.32. The molecule has 8 heteroatoms. The Balaban J connectivity index is 1.58. The van der Waals surface area contributed by atoms with E-state index in [-0.39, 0.29) is 17.4 Å². The number of rotatable bonds is 8. The Kier molecular flexibility index (Phi) is 6.58. The van der Waals surface area contributed by atoms with Crippen molar-refractivity contribution in [3.8, 4) is 11.5 Å². The zero-order valence-corrected chi connectivity index (χ0v) is 17.4. The number of anilines is 2. The molecule has 0 atom stereocenters. The van der Waals surface area contributed by atoms with E-state index in [0.717, 1.165) is 5.56 Å². The molecule has 30 heavy (non-hydrogen) atoms. The van der Waals surface area contributed by atoms with Gasteiger partial charge in [0, 0.05) is 17.4 Å². The highest BCUT2D eigenvalue weighted by Crippen LogP contribution is 2.20. The summed E-state index contributed by atoms with van der Waals surface area (Å²) in [4.78, 5) is 12.2. The number of amides is 1. The molecule has 0 aliphatic carbocycles.